The molecule has 6 heteroatoms. The van der Waals surface area contributed by atoms with E-state index in [1.165, 1.54) is 29.7 Å². The molecule has 0 fully saturated rings. The first-order chi connectivity index (χ1) is 12.5. The Hall–Kier alpha value is -3.15. The van der Waals surface area contributed by atoms with Gasteiger partial charge in [-0.25, -0.2) is 9.59 Å². The Balaban J connectivity index is 0.000000260. The van der Waals surface area contributed by atoms with Crippen LogP contribution >= 0.6 is 0 Å². The Bertz CT molecular complexity index is 758. The third-order valence-electron chi connectivity index (χ3n) is 4.06. The van der Waals surface area contributed by atoms with Crippen molar-refractivity contribution in [2.45, 2.75) is 32.4 Å². The molecule has 3 rings (SSSR count). The summed E-state index contributed by atoms with van der Waals surface area (Å²) < 4.78 is 0. The molecule has 1 aromatic carbocycles. The lowest BCUT2D eigenvalue weighted by atomic mass is 10.0. The predicted octanol–water partition coefficient (Wildman–Crippen LogP) is 3.65. The Morgan fingerprint density at radius 3 is 2.31 bits per heavy atom. The van der Waals surface area contributed by atoms with Crippen LogP contribution in [0.2, 0.25) is 0 Å². The number of nitrogens with zero attached hydrogens (tertiary/aromatic N) is 2. The Kier molecular flexibility index (Phi) is 6.91. The van der Waals surface area contributed by atoms with Crippen molar-refractivity contribution in [1.82, 2.24) is 4.98 Å². The number of hydrogen-bond donors (Lipinski definition) is 2. The van der Waals surface area contributed by atoms with Crippen molar-refractivity contribution in [1.29, 1.82) is 0 Å². The van der Waals surface area contributed by atoms with Crippen molar-refractivity contribution in [3.05, 3.63) is 72.1 Å². The van der Waals surface area contributed by atoms with E-state index in [9.17, 15) is 9.59 Å². The van der Waals surface area contributed by atoms with E-state index >= 15 is 0 Å². The van der Waals surface area contributed by atoms with Gasteiger partial charge in [0.2, 0.25) is 0 Å². The second kappa shape index (κ2) is 9.36. The average Bonchev–Trinajstić information content (AvgIpc) is 3.00. The van der Waals surface area contributed by atoms with E-state index in [1.54, 1.807) is 0 Å². The third-order valence-corrected chi connectivity index (χ3v) is 4.06. The fourth-order valence-corrected chi connectivity index (χ4v) is 3.00. The number of aromatic nitrogens is 1. The van der Waals surface area contributed by atoms with E-state index < -0.39 is 11.9 Å². The zero-order chi connectivity index (χ0) is 18.9. The topological polar surface area (TPSA) is 90.7 Å². The number of hydrogen-bond acceptors (Lipinski definition) is 4. The van der Waals surface area contributed by atoms with E-state index in [2.05, 4.69) is 53.2 Å². The lowest BCUT2D eigenvalue weighted by Gasteiger charge is -2.27. The van der Waals surface area contributed by atoms with E-state index in [-0.39, 0.29) is 0 Å². The van der Waals surface area contributed by atoms with Crippen LogP contribution < -0.4 is 4.90 Å². The molecule has 1 aliphatic heterocycles. The van der Waals surface area contributed by atoms with Crippen molar-refractivity contribution in [2.75, 3.05) is 4.90 Å². The first-order valence-electron chi connectivity index (χ1n) is 8.41. The molecule has 0 saturated carbocycles. The maximum atomic E-state index is 9.55. The van der Waals surface area contributed by atoms with Crippen molar-refractivity contribution < 1.29 is 19.8 Å². The molecule has 6 nitrogen and oxygen atoms in total. The highest BCUT2D eigenvalue weighted by atomic mass is 16.4. The van der Waals surface area contributed by atoms with Crippen molar-refractivity contribution in [2.24, 2.45) is 0 Å². The van der Waals surface area contributed by atoms with Gasteiger partial charge in [-0.15, -0.1) is 0 Å². The average molecular weight is 354 g/mol. The molecule has 1 atom stereocenters. The number of carboxylic acid groups (broad SMARTS) is 2. The number of pyridine rings is 1. The molecule has 0 amide bonds. The van der Waals surface area contributed by atoms with Gasteiger partial charge in [0.15, 0.2) is 0 Å². The van der Waals surface area contributed by atoms with Gasteiger partial charge in [0, 0.05) is 36.8 Å². The smallest absolute Gasteiger partial charge is 0.328 e. The second-order valence-corrected chi connectivity index (χ2v) is 5.85. The van der Waals surface area contributed by atoms with Crippen molar-refractivity contribution in [3.63, 3.8) is 0 Å². The SMILES string of the molecule is CCCC1c2ccccc2CN1c1ccncc1.O=C(O)/C=C\C(=O)O. The molecule has 2 N–H and O–H groups in total. The lowest BCUT2D eigenvalue weighted by Crippen LogP contribution is -2.21. The Morgan fingerprint density at radius 2 is 1.73 bits per heavy atom. The molecule has 26 heavy (non-hydrogen) atoms. The molecule has 2 aromatic rings. The van der Waals surface area contributed by atoms with E-state index in [4.69, 9.17) is 10.2 Å². The molecular weight excluding hydrogens is 332 g/mol. The summed E-state index contributed by atoms with van der Waals surface area (Å²) >= 11 is 0. The number of fused-ring (bicyclic) bond motifs is 1. The first kappa shape index (κ1) is 19.2. The summed E-state index contributed by atoms with van der Waals surface area (Å²) in [7, 11) is 0. The summed E-state index contributed by atoms with van der Waals surface area (Å²) in [6.07, 6.45) is 7.28. The molecule has 2 heterocycles. The zero-order valence-corrected chi connectivity index (χ0v) is 14.6. The van der Waals surface area contributed by atoms with Gasteiger partial charge in [-0.1, -0.05) is 37.6 Å². The molecule has 0 bridgehead atoms. The molecule has 0 saturated heterocycles. The minimum absolute atomic E-state index is 0.522. The van der Waals surface area contributed by atoms with Crippen LogP contribution in [0, 0.1) is 0 Å². The highest BCUT2D eigenvalue weighted by Gasteiger charge is 2.28. The Morgan fingerprint density at radius 1 is 1.12 bits per heavy atom. The summed E-state index contributed by atoms with van der Waals surface area (Å²) in [4.78, 5) is 25.7. The molecule has 0 radical (unpaired) electrons. The molecule has 1 unspecified atom stereocenters. The lowest BCUT2D eigenvalue weighted by molar-refractivity contribution is -0.134. The maximum Gasteiger partial charge on any atom is 0.328 e. The quantitative estimate of drug-likeness (QED) is 0.797. The van der Waals surface area contributed by atoms with Crippen LogP contribution in [0.3, 0.4) is 0 Å². The van der Waals surface area contributed by atoms with Crippen LogP contribution in [-0.2, 0) is 16.1 Å². The maximum absolute atomic E-state index is 9.55. The van der Waals surface area contributed by atoms with E-state index in [0.717, 1.165) is 6.54 Å². The van der Waals surface area contributed by atoms with Gasteiger partial charge < -0.3 is 15.1 Å². The number of aliphatic carboxylic acids is 2. The van der Waals surface area contributed by atoms with Crippen molar-refractivity contribution >= 4 is 17.6 Å². The zero-order valence-electron chi connectivity index (χ0n) is 14.6. The number of carbonyl (C=O) groups is 2. The summed E-state index contributed by atoms with van der Waals surface area (Å²) in [5, 5.41) is 15.6. The van der Waals surface area contributed by atoms with Crippen molar-refractivity contribution in [3.8, 4) is 0 Å². The molecule has 0 spiro atoms. The van der Waals surface area contributed by atoms with Gasteiger partial charge in [0.1, 0.15) is 0 Å². The van der Waals surface area contributed by atoms with Gasteiger partial charge in [-0.3, -0.25) is 4.98 Å². The van der Waals surface area contributed by atoms with Gasteiger partial charge in [-0.2, -0.15) is 0 Å². The highest BCUT2D eigenvalue weighted by molar-refractivity contribution is 5.89. The summed E-state index contributed by atoms with van der Waals surface area (Å²) in [6.45, 7) is 3.27. The summed E-state index contributed by atoms with van der Waals surface area (Å²) in [5.41, 5.74) is 4.24. The Labute approximate surface area is 152 Å². The predicted molar refractivity (Wildman–Crippen MR) is 98.9 cm³/mol. The van der Waals surface area contributed by atoms with Gasteiger partial charge in [-0.05, 0) is 29.7 Å². The van der Waals surface area contributed by atoms with Gasteiger partial charge >= 0.3 is 11.9 Å². The highest BCUT2D eigenvalue weighted by Crippen LogP contribution is 2.39. The second-order valence-electron chi connectivity index (χ2n) is 5.85. The minimum atomic E-state index is -1.26. The number of carboxylic acids is 2. The molecular formula is C20H22N2O4. The van der Waals surface area contributed by atoms with Gasteiger partial charge in [0.05, 0.1) is 6.04 Å². The first-order valence-corrected chi connectivity index (χ1v) is 8.41. The third kappa shape index (κ3) is 5.17. The van der Waals surface area contributed by atoms with Crippen LogP contribution in [0.1, 0.15) is 36.9 Å². The number of anilines is 1. The molecule has 0 aliphatic carbocycles. The minimum Gasteiger partial charge on any atom is -0.478 e. The van der Waals surface area contributed by atoms with Gasteiger partial charge in [0.25, 0.3) is 0 Å². The summed E-state index contributed by atoms with van der Waals surface area (Å²) in [6, 6.07) is 13.5. The summed E-state index contributed by atoms with van der Waals surface area (Å²) in [5.74, 6) is -2.51. The van der Waals surface area contributed by atoms with Crippen LogP contribution in [0.25, 0.3) is 0 Å². The molecule has 1 aliphatic rings. The van der Waals surface area contributed by atoms with E-state index in [1.807, 2.05) is 12.4 Å². The fourth-order valence-electron chi connectivity index (χ4n) is 3.00. The fraction of sp³-hybridized carbons (Fsp3) is 0.250. The van der Waals surface area contributed by atoms with Crippen LogP contribution in [0.15, 0.2) is 60.9 Å². The molecule has 136 valence electrons. The number of benzene rings is 1. The largest absolute Gasteiger partial charge is 0.478 e. The molecule has 1 aromatic heterocycles. The standard InChI is InChI=1S/C16H18N2.C4H4O4/c1-2-5-16-15-7-4-3-6-13(15)12-18(16)14-8-10-17-11-9-14;5-3(6)1-2-4(7)8/h3-4,6-11,16H,2,5,12H2,1H3;1-2H,(H,5,6)(H,7,8)/b;2-1-. The van der Waals surface area contributed by atoms with Crippen LogP contribution in [0.4, 0.5) is 5.69 Å². The monoisotopic (exact) mass is 354 g/mol. The van der Waals surface area contributed by atoms with Crippen LogP contribution in [0.5, 0.6) is 0 Å². The van der Waals surface area contributed by atoms with Crippen LogP contribution in [-0.4, -0.2) is 27.1 Å². The van der Waals surface area contributed by atoms with E-state index in [0.29, 0.717) is 18.2 Å². The number of rotatable bonds is 5. The normalized spacial score (nSPS) is 15.3.